The van der Waals surface area contributed by atoms with Crippen LogP contribution in [-0.2, 0) is 0 Å². The zero-order chi connectivity index (χ0) is 21.7. The van der Waals surface area contributed by atoms with E-state index in [2.05, 4.69) is 101 Å². The van der Waals surface area contributed by atoms with Crippen LogP contribution < -0.4 is 4.74 Å². The second-order valence-corrected chi connectivity index (χ2v) is 10.3. The van der Waals surface area contributed by atoms with Gasteiger partial charge in [-0.05, 0) is 55.0 Å². The standard InChI is InChI=1S/C28H27BrN2O/c1-19-7-9-22(10-8-19)25-18-26-24-17-23(29)11-12-27(24)32-28(31(26)30-25)15-13-21(14-16-28)20-5-3-2-4-6-20/h2-12,17,21,26H,13-16,18H2,1H3/t21?,26-,28?/m1/s1. The van der Waals surface area contributed by atoms with E-state index in [1.807, 2.05) is 0 Å². The lowest BCUT2D eigenvalue weighted by molar-refractivity contribution is -0.142. The molecule has 3 aliphatic rings. The van der Waals surface area contributed by atoms with E-state index >= 15 is 0 Å². The Kier molecular flexibility index (Phi) is 4.87. The predicted molar refractivity (Wildman–Crippen MR) is 132 cm³/mol. The fraction of sp³-hybridized carbons (Fsp3) is 0.321. The van der Waals surface area contributed by atoms with Crippen LogP contribution in [-0.4, -0.2) is 16.4 Å². The Labute approximate surface area is 198 Å². The number of nitrogens with zero attached hydrogens (tertiary/aromatic N) is 2. The lowest BCUT2D eigenvalue weighted by Gasteiger charge is -2.50. The molecular weight excluding hydrogens is 460 g/mol. The van der Waals surface area contributed by atoms with Gasteiger partial charge in [0.15, 0.2) is 5.72 Å². The van der Waals surface area contributed by atoms with Crippen molar-refractivity contribution in [3.63, 3.8) is 0 Å². The molecule has 0 amide bonds. The summed E-state index contributed by atoms with van der Waals surface area (Å²) in [6.45, 7) is 2.13. The van der Waals surface area contributed by atoms with Crippen molar-refractivity contribution in [2.24, 2.45) is 5.10 Å². The van der Waals surface area contributed by atoms with Gasteiger partial charge in [-0.1, -0.05) is 76.1 Å². The molecule has 1 aliphatic carbocycles. The summed E-state index contributed by atoms with van der Waals surface area (Å²) in [6.07, 6.45) is 5.13. The topological polar surface area (TPSA) is 24.8 Å². The third kappa shape index (κ3) is 3.36. The molecule has 1 spiro atoms. The van der Waals surface area contributed by atoms with Gasteiger partial charge < -0.3 is 4.74 Å². The van der Waals surface area contributed by atoms with Gasteiger partial charge in [0, 0.05) is 29.3 Å². The molecule has 1 saturated carbocycles. The first kappa shape index (κ1) is 20.0. The molecule has 0 bridgehead atoms. The van der Waals surface area contributed by atoms with Crippen LogP contribution in [0.2, 0.25) is 0 Å². The van der Waals surface area contributed by atoms with Crippen molar-refractivity contribution in [1.29, 1.82) is 0 Å². The summed E-state index contributed by atoms with van der Waals surface area (Å²) in [5.74, 6) is 1.62. The van der Waals surface area contributed by atoms with E-state index in [0.717, 1.165) is 48.0 Å². The molecule has 32 heavy (non-hydrogen) atoms. The maximum atomic E-state index is 6.81. The monoisotopic (exact) mass is 486 g/mol. The molecule has 6 rings (SSSR count). The van der Waals surface area contributed by atoms with Gasteiger partial charge in [-0.2, -0.15) is 5.10 Å². The van der Waals surface area contributed by atoms with Gasteiger partial charge in [-0.15, -0.1) is 0 Å². The second-order valence-electron chi connectivity index (χ2n) is 9.39. The van der Waals surface area contributed by atoms with Gasteiger partial charge in [-0.3, -0.25) is 0 Å². The van der Waals surface area contributed by atoms with Gasteiger partial charge in [0.2, 0.25) is 0 Å². The lowest BCUT2D eigenvalue weighted by atomic mass is 9.78. The van der Waals surface area contributed by atoms with Crippen LogP contribution in [0.5, 0.6) is 5.75 Å². The Morgan fingerprint density at radius 2 is 1.72 bits per heavy atom. The normalized spacial score (nSPS) is 26.3. The van der Waals surface area contributed by atoms with Crippen LogP contribution in [0, 0.1) is 6.92 Å². The van der Waals surface area contributed by atoms with Crippen LogP contribution in [0.3, 0.4) is 0 Å². The summed E-state index contributed by atoms with van der Waals surface area (Å²) in [5.41, 5.74) is 5.98. The average Bonchev–Trinajstić information content (AvgIpc) is 3.28. The first-order valence-corrected chi connectivity index (χ1v) is 12.4. The molecule has 2 aliphatic heterocycles. The predicted octanol–water partition coefficient (Wildman–Crippen LogP) is 7.36. The summed E-state index contributed by atoms with van der Waals surface area (Å²) in [6, 6.07) is 26.4. The molecule has 0 saturated heterocycles. The second kappa shape index (κ2) is 7.77. The van der Waals surface area contributed by atoms with Crippen LogP contribution in [0.25, 0.3) is 0 Å². The minimum Gasteiger partial charge on any atom is -0.466 e. The van der Waals surface area contributed by atoms with Crippen molar-refractivity contribution in [2.75, 3.05) is 0 Å². The first-order valence-electron chi connectivity index (χ1n) is 11.6. The number of halogens is 1. The van der Waals surface area contributed by atoms with Gasteiger partial charge >= 0.3 is 0 Å². The minimum atomic E-state index is -0.358. The van der Waals surface area contributed by atoms with Crippen LogP contribution in [0.4, 0.5) is 0 Å². The molecule has 1 fully saturated rings. The number of hydrogen-bond donors (Lipinski definition) is 0. The van der Waals surface area contributed by atoms with E-state index in [1.165, 1.54) is 22.3 Å². The summed E-state index contributed by atoms with van der Waals surface area (Å²) in [5, 5.41) is 7.54. The molecular formula is C28H27BrN2O. The highest BCUT2D eigenvalue weighted by Gasteiger charge is 2.52. The van der Waals surface area contributed by atoms with Gasteiger partial charge in [0.1, 0.15) is 5.75 Å². The first-order chi connectivity index (χ1) is 15.6. The highest BCUT2D eigenvalue weighted by atomic mass is 79.9. The molecule has 3 aromatic rings. The Morgan fingerprint density at radius 1 is 0.969 bits per heavy atom. The average molecular weight is 487 g/mol. The molecule has 162 valence electrons. The lowest BCUT2D eigenvalue weighted by Crippen LogP contribution is -2.55. The number of rotatable bonds is 2. The van der Waals surface area contributed by atoms with E-state index in [0.29, 0.717) is 5.92 Å². The van der Waals surface area contributed by atoms with Crippen molar-refractivity contribution in [1.82, 2.24) is 5.01 Å². The molecule has 0 unspecified atom stereocenters. The molecule has 0 aromatic heterocycles. The summed E-state index contributed by atoms with van der Waals surface area (Å²) in [4.78, 5) is 0. The maximum absolute atomic E-state index is 6.81. The van der Waals surface area contributed by atoms with Crippen molar-refractivity contribution >= 4 is 21.6 Å². The smallest absolute Gasteiger partial charge is 0.198 e. The highest BCUT2D eigenvalue weighted by molar-refractivity contribution is 9.10. The Morgan fingerprint density at radius 3 is 2.47 bits per heavy atom. The van der Waals surface area contributed by atoms with E-state index in [-0.39, 0.29) is 11.8 Å². The van der Waals surface area contributed by atoms with E-state index < -0.39 is 0 Å². The zero-order valence-electron chi connectivity index (χ0n) is 18.3. The Bertz CT molecular complexity index is 1160. The number of hydrogen-bond acceptors (Lipinski definition) is 3. The fourth-order valence-electron chi connectivity index (χ4n) is 5.63. The summed E-state index contributed by atoms with van der Waals surface area (Å²) < 4.78 is 7.90. The molecule has 0 radical (unpaired) electrons. The van der Waals surface area contributed by atoms with E-state index in [1.54, 1.807) is 0 Å². The van der Waals surface area contributed by atoms with Crippen LogP contribution >= 0.6 is 15.9 Å². The third-order valence-electron chi connectivity index (χ3n) is 7.38. The van der Waals surface area contributed by atoms with Crippen molar-refractivity contribution in [3.8, 4) is 5.75 Å². The third-order valence-corrected chi connectivity index (χ3v) is 7.87. The molecule has 3 aromatic carbocycles. The quantitative estimate of drug-likeness (QED) is 0.378. The number of fused-ring (bicyclic) bond motifs is 4. The molecule has 3 nitrogen and oxygen atoms in total. The van der Waals surface area contributed by atoms with Crippen molar-refractivity contribution < 1.29 is 4.74 Å². The fourth-order valence-corrected chi connectivity index (χ4v) is 6.01. The van der Waals surface area contributed by atoms with Gasteiger partial charge in [0.25, 0.3) is 0 Å². The minimum absolute atomic E-state index is 0.223. The summed E-state index contributed by atoms with van der Waals surface area (Å²) >= 11 is 3.67. The van der Waals surface area contributed by atoms with Crippen molar-refractivity contribution in [3.05, 3.63) is 99.5 Å². The molecule has 2 heterocycles. The molecule has 0 N–H and O–H groups in total. The molecule has 4 heteroatoms. The maximum Gasteiger partial charge on any atom is 0.198 e. The SMILES string of the molecule is Cc1ccc(C2=NN3[C@H](C2)c2cc(Br)ccc2OC32CCC(c3ccccc3)CC2)cc1. The van der Waals surface area contributed by atoms with E-state index in [9.17, 15) is 0 Å². The zero-order valence-corrected chi connectivity index (χ0v) is 19.9. The number of aryl methyl sites for hydroxylation is 1. The van der Waals surface area contributed by atoms with Crippen LogP contribution in [0.1, 0.15) is 66.3 Å². The Balaban J connectivity index is 1.36. The number of hydrazone groups is 1. The number of ether oxygens (including phenoxy) is 1. The Hall–Kier alpha value is -2.59. The van der Waals surface area contributed by atoms with Gasteiger partial charge in [-0.25, -0.2) is 5.01 Å². The summed E-state index contributed by atoms with van der Waals surface area (Å²) in [7, 11) is 0. The van der Waals surface area contributed by atoms with Gasteiger partial charge in [0.05, 0.1) is 11.8 Å². The van der Waals surface area contributed by atoms with E-state index in [4.69, 9.17) is 9.84 Å². The van der Waals surface area contributed by atoms with Crippen molar-refractivity contribution in [2.45, 2.75) is 56.7 Å². The largest absolute Gasteiger partial charge is 0.466 e. The highest BCUT2D eigenvalue weighted by Crippen LogP contribution is 2.53. The number of benzene rings is 3. The molecule has 1 atom stereocenters. The van der Waals surface area contributed by atoms with Crippen LogP contribution in [0.15, 0.2) is 82.4 Å².